The summed E-state index contributed by atoms with van der Waals surface area (Å²) in [6.07, 6.45) is 3.41. The van der Waals surface area contributed by atoms with Crippen molar-refractivity contribution in [1.29, 1.82) is 0 Å². The first-order valence-electron chi connectivity index (χ1n) is 12.8. The first-order chi connectivity index (χ1) is 17.3. The summed E-state index contributed by atoms with van der Waals surface area (Å²) in [7, 11) is 0. The summed E-state index contributed by atoms with van der Waals surface area (Å²) in [5.41, 5.74) is 11.6. The lowest BCUT2D eigenvalue weighted by Gasteiger charge is -2.42. The Morgan fingerprint density at radius 3 is 1.67 bits per heavy atom. The van der Waals surface area contributed by atoms with Gasteiger partial charge in [-0.05, 0) is 112 Å². The average Bonchev–Trinajstić information content (AvgIpc) is 3.12. The van der Waals surface area contributed by atoms with Crippen molar-refractivity contribution in [2.24, 2.45) is 11.8 Å². The molecule has 36 heavy (non-hydrogen) atoms. The fourth-order valence-corrected chi connectivity index (χ4v) is 7.10. The molecule has 0 spiro atoms. The Morgan fingerprint density at radius 1 is 0.694 bits per heavy atom. The molecule has 2 heteroatoms. The molecule has 0 aliphatic heterocycles. The normalized spacial score (nSPS) is 20.2. The van der Waals surface area contributed by atoms with Crippen LogP contribution < -0.4 is 0 Å². The maximum Gasteiger partial charge on any atom is 0.0412 e. The number of hydrogen-bond donors (Lipinski definition) is 0. The predicted octanol–water partition coefficient (Wildman–Crippen LogP) is 10.6. The van der Waals surface area contributed by atoms with E-state index in [0.29, 0.717) is 11.8 Å². The van der Waals surface area contributed by atoms with Crippen LogP contribution in [0.3, 0.4) is 0 Å². The molecule has 0 aromatic heterocycles. The van der Waals surface area contributed by atoms with Crippen LogP contribution in [0, 0.1) is 11.8 Å². The van der Waals surface area contributed by atoms with Crippen molar-refractivity contribution >= 4 is 23.2 Å². The highest BCUT2D eigenvalue weighted by atomic mass is 35.5. The van der Waals surface area contributed by atoms with E-state index in [9.17, 15) is 0 Å². The average molecular weight is 510 g/mol. The second-order valence-corrected chi connectivity index (χ2v) is 11.8. The maximum atomic E-state index is 6.36. The fourth-order valence-electron chi connectivity index (χ4n) is 6.71. The van der Waals surface area contributed by atoms with Crippen LogP contribution in [0.4, 0.5) is 0 Å². The molecule has 4 aromatic rings. The van der Waals surface area contributed by atoms with E-state index in [1.807, 2.05) is 24.3 Å². The van der Waals surface area contributed by atoms with Crippen molar-refractivity contribution in [2.75, 3.05) is 0 Å². The van der Waals surface area contributed by atoms with E-state index < -0.39 is 0 Å². The Kier molecular flexibility index (Phi) is 5.86. The number of rotatable bonds is 3. The molecule has 0 amide bonds. The molecule has 2 aliphatic rings. The lowest BCUT2D eigenvalue weighted by molar-refractivity contribution is 0.249. The van der Waals surface area contributed by atoms with E-state index >= 15 is 0 Å². The number of hydrogen-bond acceptors (Lipinski definition) is 0. The van der Waals surface area contributed by atoms with E-state index in [2.05, 4.69) is 81.1 Å². The van der Waals surface area contributed by atoms with Gasteiger partial charge in [-0.3, -0.25) is 0 Å². The van der Waals surface area contributed by atoms with Crippen LogP contribution in [0.5, 0.6) is 0 Å². The molecule has 0 bridgehead atoms. The number of halogens is 2. The van der Waals surface area contributed by atoms with Gasteiger partial charge in [-0.15, -0.1) is 0 Å². The van der Waals surface area contributed by atoms with Crippen molar-refractivity contribution in [1.82, 2.24) is 0 Å². The van der Waals surface area contributed by atoms with Gasteiger partial charge >= 0.3 is 0 Å². The third-order valence-corrected chi connectivity index (χ3v) is 8.91. The van der Waals surface area contributed by atoms with Gasteiger partial charge in [-0.25, -0.2) is 0 Å². The number of allylic oxidation sites excluding steroid dienone is 1. The van der Waals surface area contributed by atoms with Crippen LogP contribution in [0.2, 0.25) is 10.0 Å². The maximum absolute atomic E-state index is 6.36. The summed E-state index contributed by atoms with van der Waals surface area (Å²) >= 11 is 12.7. The molecule has 0 N–H and O–H groups in total. The Hall–Kier alpha value is -2.80. The zero-order valence-corrected chi connectivity index (χ0v) is 22.3. The lowest BCUT2D eigenvalue weighted by atomic mass is 9.62. The van der Waals surface area contributed by atoms with Crippen molar-refractivity contribution in [3.63, 3.8) is 0 Å². The van der Waals surface area contributed by atoms with E-state index in [0.717, 1.165) is 34.0 Å². The molecule has 0 saturated heterocycles. The molecule has 0 nitrogen and oxygen atoms in total. The zero-order chi connectivity index (χ0) is 25.0. The quantitative estimate of drug-likeness (QED) is 0.241. The second kappa shape index (κ2) is 8.94. The van der Waals surface area contributed by atoms with E-state index in [4.69, 9.17) is 23.2 Å². The molecule has 6 rings (SSSR count). The van der Waals surface area contributed by atoms with Gasteiger partial charge in [0.2, 0.25) is 0 Å². The van der Waals surface area contributed by atoms with Crippen molar-refractivity contribution in [3.8, 4) is 33.4 Å². The van der Waals surface area contributed by atoms with Gasteiger partial charge in [0, 0.05) is 15.5 Å². The molecule has 0 radical (unpaired) electrons. The molecule has 2 atom stereocenters. The first kappa shape index (κ1) is 23.6. The van der Waals surface area contributed by atoms with E-state index in [1.54, 1.807) is 0 Å². The Morgan fingerprint density at radius 2 is 1.19 bits per heavy atom. The van der Waals surface area contributed by atoms with E-state index in [-0.39, 0.29) is 5.41 Å². The largest absolute Gasteiger partial charge is 0.0998 e. The first-order valence-corrected chi connectivity index (χ1v) is 13.6. The van der Waals surface area contributed by atoms with Gasteiger partial charge in [0.1, 0.15) is 0 Å². The van der Waals surface area contributed by atoms with Gasteiger partial charge in [0.25, 0.3) is 0 Å². The minimum atomic E-state index is -0.106. The lowest BCUT2D eigenvalue weighted by Crippen LogP contribution is -2.35. The topological polar surface area (TPSA) is 0 Å². The fraction of sp³-hybridized carbons (Fsp3) is 0.235. The molecule has 1 saturated carbocycles. The smallest absolute Gasteiger partial charge is 0.0412 e. The molecule has 2 unspecified atom stereocenters. The highest BCUT2D eigenvalue weighted by Gasteiger charge is 2.46. The van der Waals surface area contributed by atoms with Crippen molar-refractivity contribution in [3.05, 3.63) is 118 Å². The summed E-state index contributed by atoms with van der Waals surface area (Å²) in [5, 5.41) is 1.53. The number of fused-ring (bicyclic) bond motifs is 3. The van der Waals surface area contributed by atoms with Gasteiger partial charge in [-0.1, -0.05) is 97.7 Å². The standard InChI is InChI=1S/C34H30Cl2/c1-21-14-22(2)16-27(15-21)34(3)32-19-25(23-6-4-8-28(35)17-23)10-12-30(32)31-13-11-26(20-33(31)34)24-7-5-9-29(36)18-24/h4-13,17-20,22,27H,1,14-16H2,2-3H3. The monoisotopic (exact) mass is 508 g/mol. The van der Waals surface area contributed by atoms with Crippen LogP contribution in [-0.2, 0) is 5.41 Å². The molecular formula is C34H30Cl2. The van der Waals surface area contributed by atoms with Crippen molar-refractivity contribution in [2.45, 2.75) is 38.5 Å². The summed E-state index contributed by atoms with van der Waals surface area (Å²) in [5.74, 6) is 1.14. The third-order valence-electron chi connectivity index (χ3n) is 8.44. The molecule has 1 fully saturated rings. The van der Waals surface area contributed by atoms with Gasteiger partial charge < -0.3 is 0 Å². The zero-order valence-electron chi connectivity index (χ0n) is 20.8. The molecule has 4 aromatic carbocycles. The van der Waals surface area contributed by atoms with Gasteiger partial charge in [0.05, 0.1) is 0 Å². The highest BCUT2D eigenvalue weighted by molar-refractivity contribution is 6.31. The van der Waals surface area contributed by atoms with Crippen molar-refractivity contribution < 1.29 is 0 Å². The minimum Gasteiger partial charge on any atom is -0.0998 e. The Balaban J connectivity index is 1.56. The van der Waals surface area contributed by atoms with Crippen LogP contribution in [0.1, 0.15) is 44.2 Å². The molecule has 2 aliphatic carbocycles. The molecule has 0 heterocycles. The third kappa shape index (κ3) is 3.92. The second-order valence-electron chi connectivity index (χ2n) is 10.9. The summed E-state index contributed by atoms with van der Waals surface area (Å²) in [4.78, 5) is 0. The highest BCUT2D eigenvalue weighted by Crippen LogP contribution is 2.57. The van der Waals surface area contributed by atoms with Crippen LogP contribution >= 0.6 is 23.2 Å². The van der Waals surface area contributed by atoms with Gasteiger partial charge in [-0.2, -0.15) is 0 Å². The number of benzene rings is 4. The Bertz CT molecular complexity index is 1400. The van der Waals surface area contributed by atoms with Crippen LogP contribution in [0.15, 0.2) is 97.1 Å². The van der Waals surface area contributed by atoms with E-state index in [1.165, 1.54) is 45.4 Å². The summed E-state index contributed by atoms with van der Waals surface area (Å²) in [6.45, 7) is 9.30. The van der Waals surface area contributed by atoms with Crippen LogP contribution in [0.25, 0.3) is 33.4 Å². The van der Waals surface area contributed by atoms with Crippen LogP contribution in [-0.4, -0.2) is 0 Å². The Labute approximate surface area is 224 Å². The minimum absolute atomic E-state index is 0.106. The van der Waals surface area contributed by atoms with Gasteiger partial charge in [0.15, 0.2) is 0 Å². The predicted molar refractivity (Wildman–Crippen MR) is 155 cm³/mol. The summed E-state index contributed by atoms with van der Waals surface area (Å²) in [6, 6.07) is 30.3. The molecule has 180 valence electrons. The SMILES string of the molecule is C=C1CC(C)CC(C2(C)c3cc(-c4cccc(Cl)c4)ccc3-c3ccc(-c4cccc(Cl)c4)cc32)C1. The summed E-state index contributed by atoms with van der Waals surface area (Å²) < 4.78 is 0. The molecular weight excluding hydrogens is 479 g/mol.